The summed E-state index contributed by atoms with van der Waals surface area (Å²) in [4.78, 5) is 6.52. The van der Waals surface area contributed by atoms with E-state index in [0.29, 0.717) is 5.02 Å². The molecule has 1 rings (SSSR count). The van der Waals surface area contributed by atoms with Crippen molar-refractivity contribution in [1.82, 2.24) is 10.3 Å². The lowest BCUT2D eigenvalue weighted by Gasteiger charge is -2.21. The first kappa shape index (κ1) is 12.3. The number of nitrogens with zero attached hydrogens (tertiary/aromatic N) is 2. The van der Waals surface area contributed by atoms with Gasteiger partial charge in [0.1, 0.15) is 5.82 Å². The van der Waals surface area contributed by atoms with E-state index in [0.717, 1.165) is 32.0 Å². The third-order valence-corrected chi connectivity index (χ3v) is 2.45. The van der Waals surface area contributed by atoms with Crippen LogP contribution in [0.15, 0.2) is 18.3 Å². The molecule has 1 aromatic heterocycles. The Kier molecular flexibility index (Phi) is 5.43. The quantitative estimate of drug-likeness (QED) is 0.756. The molecule has 0 radical (unpaired) electrons. The van der Waals surface area contributed by atoms with E-state index in [1.54, 1.807) is 6.20 Å². The molecule has 15 heavy (non-hydrogen) atoms. The fourth-order valence-electron chi connectivity index (χ4n) is 1.38. The number of aromatic nitrogens is 1. The molecule has 0 atom stereocenters. The van der Waals surface area contributed by atoms with Gasteiger partial charge in [-0.15, -0.1) is 0 Å². The van der Waals surface area contributed by atoms with Gasteiger partial charge in [0.05, 0.1) is 5.02 Å². The Balaban J connectivity index is 2.53. The lowest BCUT2D eigenvalue weighted by molar-refractivity contribution is 0.684. The van der Waals surface area contributed by atoms with Crippen LogP contribution in [0.1, 0.15) is 13.8 Å². The predicted molar refractivity (Wildman–Crippen MR) is 65.7 cm³/mol. The largest absolute Gasteiger partial charge is 0.356 e. The number of nitrogens with one attached hydrogen (secondary N) is 1. The number of hydrogen-bond donors (Lipinski definition) is 1. The zero-order valence-corrected chi connectivity index (χ0v) is 10.1. The van der Waals surface area contributed by atoms with Crippen LogP contribution in [0.3, 0.4) is 0 Å². The van der Waals surface area contributed by atoms with Gasteiger partial charge in [-0.3, -0.25) is 0 Å². The Hall–Kier alpha value is -0.800. The smallest absolute Gasteiger partial charge is 0.128 e. The van der Waals surface area contributed by atoms with Crippen molar-refractivity contribution in [3.05, 3.63) is 23.4 Å². The van der Waals surface area contributed by atoms with Gasteiger partial charge >= 0.3 is 0 Å². The molecule has 0 aliphatic carbocycles. The molecule has 3 nitrogen and oxygen atoms in total. The summed E-state index contributed by atoms with van der Waals surface area (Å²) in [6.07, 6.45) is 1.69. The standard InChI is InChI=1S/C11H18ClN3/c1-3-13-7-8-15(4-2)11-6-5-10(12)9-14-11/h5-6,9,13H,3-4,7-8H2,1-2H3. The van der Waals surface area contributed by atoms with Crippen molar-refractivity contribution in [2.75, 3.05) is 31.1 Å². The Labute approximate surface area is 96.5 Å². The highest BCUT2D eigenvalue weighted by atomic mass is 35.5. The third kappa shape index (κ3) is 4.06. The first-order chi connectivity index (χ1) is 7.27. The van der Waals surface area contributed by atoms with Crippen LogP contribution in [0, 0.1) is 0 Å². The summed E-state index contributed by atoms with van der Waals surface area (Å²) in [5.74, 6) is 0.986. The molecule has 0 aromatic carbocycles. The van der Waals surface area contributed by atoms with Gasteiger partial charge in [0.2, 0.25) is 0 Å². The molecular weight excluding hydrogens is 210 g/mol. The lowest BCUT2D eigenvalue weighted by Crippen LogP contribution is -2.32. The van der Waals surface area contributed by atoms with Crippen molar-refractivity contribution in [3.63, 3.8) is 0 Å². The van der Waals surface area contributed by atoms with Gasteiger partial charge in [0.15, 0.2) is 0 Å². The van der Waals surface area contributed by atoms with Crippen LogP contribution in [0.4, 0.5) is 5.82 Å². The van der Waals surface area contributed by atoms with E-state index in [2.05, 4.69) is 29.0 Å². The highest BCUT2D eigenvalue weighted by molar-refractivity contribution is 6.30. The van der Waals surface area contributed by atoms with E-state index in [4.69, 9.17) is 11.6 Å². The van der Waals surface area contributed by atoms with Crippen LogP contribution < -0.4 is 10.2 Å². The molecule has 0 spiro atoms. The molecule has 0 amide bonds. The summed E-state index contributed by atoms with van der Waals surface area (Å²) in [5, 5.41) is 3.98. The first-order valence-corrected chi connectivity index (χ1v) is 5.73. The number of likely N-dealkylation sites (N-methyl/N-ethyl adjacent to an activating group) is 2. The highest BCUT2D eigenvalue weighted by Crippen LogP contribution is 2.13. The molecule has 0 unspecified atom stereocenters. The molecule has 0 aliphatic heterocycles. The summed E-state index contributed by atoms with van der Waals surface area (Å²) in [6.45, 7) is 8.15. The molecule has 0 bridgehead atoms. The number of anilines is 1. The van der Waals surface area contributed by atoms with Crippen LogP contribution in [0.5, 0.6) is 0 Å². The fourth-order valence-corrected chi connectivity index (χ4v) is 1.49. The number of halogens is 1. The Bertz CT molecular complexity index is 274. The van der Waals surface area contributed by atoms with Crippen molar-refractivity contribution in [2.45, 2.75) is 13.8 Å². The highest BCUT2D eigenvalue weighted by Gasteiger charge is 2.04. The van der Waals surface area contributed by atoms with Crippen molar-refractivity contribution < 1.29 is 0 Å². The van der Waals surface area contributed by atoms with E-state index in [-0.39, 0.29) is 0 Å². The maximum absolute atomic E-state index is 5.79. The van der Waals surface area contributed by atoms with Crippen molar-refractivity contribution in [1.29, 1.82) is 0 Å². The van der Waals surface area contributed by atoms with Gasteiger partial charge in [-0.1, -0.05) is 18.5 Å². The van der Waals surface area contributed by atoms with Crippen LogP contribution in [-0.2, 0) is 0 Å². The Morgan fingerprint density at radius 2 is 2.20 bits per heavy atom. The van der Waals surface area contributed by atoms with Gasteiger partial charge in [-0.2, -0.15) is 0 Å². The fraction of sp³-hybridized carbons (Fsp3) is 0.545. The average molecular weight is 228 g/mol. The van der Waals surface area contributed by atoms with Crippen LogP contribution in [0.25, 0.3) is 0 Å². The normalized spacial score (nSPS) is 10.3. The lowest BCUT2D eigenvalue weighted by atomic mass is 10.4. The minimum Gasteiger partial charge on any atom is -0.356 e. The SMILES string of the molecule is CCNCCN(CC)c1ccc(Cl)cn1. The number of hydrogen-bond acceptors (Lipinski definition) is 3. The minimum atomic E-state index is 0.682. The average Bonchev–Trinajstić information content (AvgIpc) is 2.26. The summed E-state index contributed by atoms with van der Waals surface area (Å²) < 4.78 is 0. The third-order valence-electron chi connectivity index (χ3n) is 2.23. The monoisotopic (exact) mass is 227 g/mol. The molecule has 1 N–H and O–H groups in total. The zero-order valence-electron chi connectivity index (χ0n) is 9.33. The number of rotatable bonds is 6. The maximum atomic E-state index is 5.79. The molecule has 0 saturated carbocycles. The summed E-state index contributed by atoms with van der Waals surface area (Å²) in [7, 11) is 0. The van der Waals surface area contributed by atoms with Crippen LogP contribution >= 0.6 is 11.6 Å². The molecule has 0 saturated heterocycles. The van der Waals surface area contributed by atoms with Crippen molar-refractivity contribution >= 4 is 17.4 Å². The molecule has 1 aromatic rings. The van der Waals surface area contributed by atoms with Gasteiger partial charge in [0.25, 0.3) is 0 Å². The second kappa shape index (κ2) is 6.64. The second-order valence-corrected chi connectivity index (χ2v) is 3.70. The topological polar surface area (TPSA) is 28.2 Å². The van der Waals surface area contributed by atoms with Crippen molar-refractivity contribution in [3.8, 4) is 0 Å². The van der Waals surface area contributed by atoms with E-state index >= 15 is 0 Å². The maximum Gasteiger partial charge on any atom is 0.128 e. The summed E-state index contributed by atoms with van der Waals surface area (Å²) in [5.41, 5.74) is 0. The molecule has 4 heteroatoms. The molecular formula is C11H18ClN3. The molecule has 84 valence electrons. The van der Waals surface area contributed by atoms with Gasteiger partial charge < -0.3 is 10.2 Å². The van der Waals surface area contributed by atoms with E-state index in [1.807, 2.05) is 12.1 Å². The van der Waals surface area contributed by atoms with E-state index < -0.39 is 0 Å². The van der Waals surface area contributed by atoms with Crippen molar-refractivity contribution in [2.24, 2.45) is 0 Å². The summed E-state index contributed by atoms with van der Waals surface area (Å²) in [6, 6.07) is 3.83. The molecule has 0 fully saturated rings. The molecule has 1 heterocycles. The van der Waals surface area contributed by atoms with Gasteiger partial charge in [-0.25, -0.2) is 4.98 Å². The van der Waals surface area contributed by atoms with E-state index in [9.17, 15) is 0 Å². The Morgan fingerprint density at radius 1 is 1.40 bits per heavy atom. The van der Waals surface area contributed by atoms with Gasteiger partial charge in [0, 0.05) is 25.8 Å². The predicted octanol–water partition coefficient (Wildman–Crippen LogP) is 2.17. The summed E-state index contributed by atoms with van der Waals surface area (Å²) >= 11 is 5.79. The van der Waals surface area contributed by atoms with Crippen LogP contribution in [0.2, 0.25) is 5.02 Å². The Morgan fingerprint density at radius 3 is 2.73 bits per heavy atom. The first-order valence-electron chi connectivity index (χ1n) is 5.35. The number of pyridine rings is 1. The van der Waals surface area contributed by atoms with Crippen LogP contribution in [-0.4, -0.2) is 31.2 Å². The van der Waals surface area contributed by atoms with Gasteiger partial charge in [-0.05, 0) is 25.6 Å². The minimum absolute atomic E-state index is 0.682. The zero-order chi connectivity index (χ0) is 11.1. The molecule has 0 aliphatic rings. The van der Waals surface area contributed by atoms with E-state index in [1.165, 1.54) is 0 Å². The second-order valence-electron chi connectivity index (χ2n) is 3.27.